The average molecular weight is 245 g/mol. The van der Waals surface area contributed by atoms with Crippen LogP contribution in [0.25, 0.3) is 0 Å². The summed E-state index contributed by atoms with van der Waals surface area (Å²) in [5.41, 5.74) is 10.1. The molecule has 3 N–H and O–H groups in total. The topological polar surface area (TPSA) is 64.1 Å². The third-order valence-corrected chi connectivity index (χ3v) is 3.29. The maximum absolute atomic E-state index is 10.3. The fourth-order valence-electron chi connectivity index (χ4n) is 2.06. The smallest absolute Gasteiger partial charge is 0.127 e. The van der Waals surface area contributed by atoms with Gasteiger partial charge in [0, 0.05) is 19.0 Å². The van der Waals surface area contributed by atoms with E-state index in [1.54, 1.807) is 17.9 Å². The number of hydrogen-bond acceptors (Lipinski definition) is 3. The molecule has 18 heavy (non-hydrogen) atoms. The molecule has 4 nitrogen and oxygen atoms in total. The van der Waals surface area contributed by atoms with E-state index in [2.05, 4.69) is 23.3 Å². The molecule has 2 aromatic rings. The zero-order valence-corrected chi connectivity index (χ0v) is 11.0. The fraction of sp³-hybridized carbons (Fsp3) is 0.357. The first-order chi connectivity index (χ1) is 8.49. The van der Waals surface area contributed by atoms with E-state index >= 15 is 0 Å². The Morgan fingerprint density at radius 3 is 2.72 bits per heavy atom. The van der Waals surface area contributed by atoms with Gasteiger partial charge in [0.2, 0.25) is 0 Å². The molecule has 0 saturated carbocycles. The Kier molecular flexibility index (Phi) is 3.39. The van der Waals surface area contributed by atoms with Crippen molar-refractivity contribution in [1.82, 2.24) is 9.78 Å². The highest BCUT2D eigenvalue weighted by Crippen LogP contribution is 2.24. The SMILES string of the molecule is Cc1ccc(C)c(CC(O)c2cnn(C)c2N)c1. The van der Waals surface area contributed by atoms with Crippen molar-refractivity contribution in [3.05, 3.63) is 46.6 Å². The highest BCUT2D eigenvalue weighted by atomic mass is 16.3. The minimum Gasteiger partial charge on any atom is -0.388 e. The van der Waals surface area contributed by atoms with Gasteiger partial charge in [-0.25, -0.2) is 0 Å². The number of nitrogens with two attached hydrogens (primary N) is 1. The summed E-state index contributed by atoms with van der Waals surface area (Å²) < 4.78 is 1.57. The third-order valence-electron chi connectivity index (χ3n) is 3.29. The molecule has 0 aliphatic heterocycles. The Hall–Kier alpha value is -1.81. The lowest BCUT2D eigenvalue weighted by molar-refractivity contribution is 0.179. The number of nitrogens with zero attached hydrogens (tertiary/aromatic N) is 2. The molecule has 0 spiro atoms. The lowest BCUT2D eigenvalue weighted by Gasteiger charge is -2.13. The number of hydrogen-bond donors (Lipinski definition) is 2. The van der Waals surface area contributed by atoms with Gasteiger partial charge in [-0.2, -0.15) is 5.10 Å². The normalized spacial score (nSPS) is 12.7. The molecule has 1 aromatic heterocycles. The molecule has 1 unspecified atom stereocenters. The van der Waals surface area contributed by atoms with Crippen LogP contribution in [0.2, 0.25) is 0 Å². The van der Waals surface area contributed by atoms with Gasteiger partial charge in [0.1, 0.15) is 5.82 Å². The number of anilines is 1. The summed E-state index contributed by atoms with van der Waals surface area (Å²) in [6.45, 7) is 4.10. The Bertz CT molecular complexity index is 560. The molecule has 1 heterocycles. The molecule has 4 heteroatoms. The molecular formula is C14H19N3O. The molecule has 0 fully saturated rings. The van der Waals surface area contributed by atoms with Crippen LogP contribution in [0.5, 0.6) is 0 Å². The lowest BCUT2D eigenvalue weighted by atomic mass is 9.98. The Labute approximate surface area is 107 Å². The molecule has 0 saturated heterocycles. The van der Waals surface area contributed by atoms with Gasteiger partial charge in [-0.15, -0.1) is 0 Å². The highest BCUT2D eigenvalue weighted by Gasteiger charge is 2.16. The van der Waals surface area contributed by atoms with Gasteiger partial charge in [0.25, 0.3) is 0 Å². The van der Waals surface area contributed by atoms with Crippen LogP contribution in [0.15, 0.2) is 24.4 Å². The zero-order valence-electron chi connectivity index (χ0n) is 11.0. The van der Waals surface area contributed by atoms with Gasteiger partial charge in [-0.3, -0.25) is 4.68 Å². The minimum atomic E-state index is -0.612. The zero-order chi connectivity index (χ0) is 13.3. The summed E-state index contributed by atoms with van der Waals surface area (Å²) >= 11 is 0. The van der Waals surface area contributed by atoms with Crippen molar-refractivity contribution in [2.75, 3.05) is 5.73 Å². The number of aliphatic hydroxyl groups excluding tert-OH is 1. The first-order valence-corrected chi connectivity index (χ1v) is 6.00. The number of rotatable bonds is 3. The molecule has 1 atom stereocenters. The van der Waals surface area contributed by atoms with Crippen molar-refractivity contribution < 1.29 is 5.11 Å². The molecule has 0 amide bonds. The summed E-state index contributed by atoms with van der Waals surface area (Å²) in [5.74, 6) is 0.521. The standard InChI is InChI=1S/C14H19N3O/c1-9-4-5-10(2)11(6-9)7-13(18)12-8-16-17(3)14(12)15/h4-6,8,13,18H,7,15H2,1-3H3. The quantitative estimate of drug-likeness (QED) is 0.868. The number of aliphatic hydroxyl groups is 1. The van der Waals surface area contributed by atoms with Crippen LogP contribution in [0, 0.1) is 13.8 Å². The van der Waals surface area contributed by atoms with Crippen LogP contribution in [0.1, 0.15) is 28.4 Å². The molecule has 0 aliphatic rings. The lowest BCUT2D eigenvalue weighted by Crippen LogP contribution is -2.07. The molecule has 96 valence electrons. The van der Waals surface area contributed by atoms with Crippen LogP contribution >= 0.6 is 0 Å². The molecular weight excluding hydrogens is 226 g/mol. The fourth-order valence-corrected chi connectivity index (χ4v) is 2.06. The van der Waals surface area contributed by atoms with E-state index in [0.717, 1.165) is 5.56 Å². The van der Waals surface area contributed by atoms with Crippen LogP contribution in [-0.2, 0) is 13.5 Å². The van der Waals surface area contributed by atoms with Crippen molar-refractivity contribution in [2.24, 2.45) is 7.05 Å². The number of benzene rings is 1. The van der Waals surface area contributed by atoms with E-state index < -0.39 is 6.10 Å². The van der Waals surface area contributed by atoms with E-state index in [1.165, 1.54) is 11.1 Å². The van der Waals surface area contributed by atoms with E-state index in [0.29, 0.717) is 17.8 Å². The monoisotopic (exact) mass is 245 g/mol. The van der Waals surface area contributed by atoms with Gasteiger partial charge < -0.3 is 10.8 Å². The summed E-state index contributed by atoms with van der Waals surface area (Å²) in [4.78, 5) is 0. The Balaban J connectivity index is 2.23. The number of aromatic nitrogens is 2. The van der Waals surface area contributed by atoms with Gasteiger partial charge >= 0.3 is 0 Å². The predicted octanol–water partition coefficient (Wildman–Crippen LogP) is 1.90. The maximum Gasteiger partial charge on any atom is 0.127 e. The van der Waals surface area contributed by atoms with Crippen molar-refractivity contribution in [3.63, 3.8) is 0 Å². The third kappa shape index (κ3) is 2.38. The molecule has 1 aromatic carbocycles. The Morgan fingerprint density at radius 2 is 2.11 bits per heavy atom. The van der Waals surface area contributed by atoms with Gasteiger partial charge in [-0.1, -0.05) is 23.8 Å². The summed E-state index contributed by atoms with van der Waals surface area (Å²) in [7, 11) is 1.77. The predicted molar refractivity (Wildman–Crippen MR) is 72.2 cm³/mol. The summed E-state index contributed by atoms with van der Waals surface area (Å²) in [6.07, 6.45) is 1.58. The molecule has 0 aliphatic carbocycles. The molecule has 2 rings (SSSR count). The van der Waals surface area contributed by atoms with Gasteiger partial charge in [0.15, 0.2) is 0 Å². The van der Waals surface area contributed by atoms with Crippen LogP contribution < -0.4 is 5.73 Å². The van der Waals surface area contributed by atoms with Crippen LogP contribution in [0.3, 0.4) is 0 Å². The van der Waals surface area contributed by atoms with E-state index in [1.807, 2.05) is 13.8 Å². The van der Waals surface area contributed by atoms with Crippen LogP contribution in [-0.4, -0.2) is 14.9 Å². The van der Waals surface area contributed by atoms with Gasteiger partial charge in [-0.05, 0) is 25.0 Å². The number of aryl methyl sites for hydroxylation is 3. The highest BCUT2D eigenvalue weighted by molar-refractivity contribution is 5.41. The largest absolute Gasteiger partial charge is 0.388 e. The summed E-state index contributed by atoms with van der Waals surface area (Å²) in [6, 6.07) is 6.25. The maximum atomic E-state index is 10.3. The molecule has 0 bridgehead atoms. The van der Waals surface area contributed by atoms with Crippen molar-refractivity contribution in [3.8, 4) is 0 Å². The van der Waals surface area contributed by atoms with Crippen molar-refractivity contribution in [1.29, 1.82) is 0 Å². The van der Waals surface area contributed by atoms with Crippen molar-refractivity contribution in [2.45, 2.75) is 26.4 Å². The average Bonchev–Trinajstić information content (AvgIpc) is 2.65. The first kappa shape index (κ1) is 12.6. The second-order valence-electron chi connectivity index (χ2n) is 4.76. The molecule has 0 radical (unpaired) electrons. The second kappa shape index (κ2) is 4.82. The van der Waals surface area contributed by atoms with Crippen molar-refractivity contribution >= 4 is 5.82 Å². The first-order valence-electron chi connectivity index (χ1n) is 6.00. The summed E-state index contributed by atoms with van der Waals surface area (Å²) in [5, 5.41) is 14.3. The second-order valence-corrected chi connectivity index (χ2v) is 4.76. The van der Waals surface area contributed by atoms with Crippen LogP contribution in [0.4, 0.5) is 5.82 Å². The van der Waals surface area contributed by atoms with E-state index in [4.69, 9.17) is 5.73 Å². The van der Waals surface area contributed by atoms with Gasteiger partial charge in [0.05, 0.1) is 12.3 Å². The minimum absolute atomic E-state index is 0.521. The van der Waals surface area contributed by atoms with E-state index in [-0.39, 0.29) is 0 Å². The van der Waals surface area contributed by atoms with E-state index in [9.17, 15) is 5.11 Å². The Morgan fingerprint density at radius 1 is 1.39 bits per heavy atom. The number of nitrogen functional groups attached to an aromatic ring is 1.